The SMILES string of the molecule is C=C/C=C(\C=CC)n1c2ccc(-c3ccc(N=C/C=C\C=C/C)c(C(=C)/C=C\C=C/C)c3)cc2c2cc(C)cc(C)c21.CN=N.Cc1ccccc1.Cc1ccccc1. The fraction of sp³-hybridized carbons (Fsp3) is 0.145. The topological polar surface area (TPSA) is 53.5 Å². The Morgan fingerprint density at radius 1 is 0.627 bits per heavy atom. The Labute approximate surface area is 353 Å². The predicted octanol–water partition coefficient (Wildman–Crippen LogP) is 16.3. The quantitative estimate of drug-likeness (QED) is 0.0818. The molecule has 0 aliphatic carbocycles. The molecule has 0 radical (unpaired) electrons. The second-order valence-corrected chi connectivity index (χ2v) is 13.7. The molecule has 0 aliphatic heterocycles. The molecule has 6 aromatic rings. The van der Waals surface area contributed by atoms with Crippen LogP contribution in [-0.4, -0.2) is 17.8 Å². The molecule has 4 heteroatoms. The summed E-state index contributed by atoms with van der Waals surface area (Å²) in [4.78, 5) is 4.75. The van der Waals surface area contributed by atoms with Gasteiger partial charge in [-0.2, -0.15) is 0 Å². The van der Waals surface area contributed by atoms with Crippen molar-refractivity contribution in [3.8, 4) is 11.1 Å². The number of nitrogens with one attached hydrogen (secondary N) is 1. The summed E-state index contributed by atoms with van der Waals surface area (Å²) in [5.41, 5.74) is 19.5. The fourth-order valence-electron chi connectivity index (χ4n) is 6.35. The first-order chi connectivity index (χ1) is 28.6. The van der Waals surface area contributed by atoms with Crippen LogP contribution in [0.25, 0.3) is 44.2 Å². The van der Waals surface area contributed by atoms with Crippen molar-refractivity contribution in [3.05, 3.63) is 223 Å². The number of nitrogens with zero attached hydrogens (tertiary/aromatic N) is 3. The van der Waals surface area contributed by atoms with Crippen LogP contribution in [0.15, 0.2) is 205 Å². The Kier molecular flexibility index (Phi) is 20.0. The summed E-state index contributed by atoms with van der Waals surface area (Å²) in [5, 5.41) is 5.22. The molecule has 59 heavy (non-hydrogen) atoms. The highest BCUT2D eigenvalue weighted by Crippen LogP contribution is 2.38. The van der Waals surface area contributed by atoms with Gasteiger partial charge in [0.2, 0.25) is 0 Å². The van der Waals surface area contributed by atoms with Gasteiger partial charge in [-0.05, 0) is 119 Å². The number of rotatable bonds is 10. The monoisotopic (exact) mass is 776 g/mol. The van der Waals surface area contributed by atoms with Crippen LogP contribution in [0.3, 0.4) is 0 Å². The molecule has 6 rings (SSSR count). The number of benzene rings is 5. The van der Waals surface area contributed by atoms with E-state index in [4.69, 9.17) is 10.5 Å². The van der Waals surface area contributed by atoms with E-state index in [0.717, 1.165) is 33.6 Å². The number of aryl methyl sites for hydroxylation is 4. The molecule has 5 aromatic carbocycles. The van der Waals surface area contributed by atoms with E-state index in [0.29, 0.717) is 0 Å². The molecular weight excluding hydrogens is 717 g/mol. The fourth-order valence-corrected chi connectivity index (χ4v) is 6.35. The van der Waals surface area contributed by atoms with Gasteiger partial charge in [-0.3, -0.25) is 4.99 Å². The molecule has 0 unspecified atom stereocenters. The van der Waals surface area contributed by atoms with E-state index in [-0.39, 0.29) is 0 Å². The number of hydrogen-bond acceptors (Lipinski definition) is 3. The Balaban J connectivity index is 0.000000450. The van der Waals surface area contributed by atoms with Crippen molar-refractivity contribution in [1.82, 2.24) is 4.57 Å². The smallest absolute Gasteiger partial charge is 0.0708 e. The molecule has 0 aliphatic rings. The van der Waals surface area contributed by atoms with E-state index in [1.807, 2.05) is 118 Å². The van der Waals surface area contributed by atoms with Gasteiger partial charge in [0.1, 0.15) is 0 Å². The number of aromatic nitrogens is 1. The third kappa shape index (κ3) is 14.2. The summed E-state index contributed by atoms with van der Waals surface area (Å²) in [6.45, 7) is 22.9. The first-order valence-corrected chi connectivity index (χ1v) is 19.9. The number of fused-ring (bicyclic) bond motifs is 3. The van der Waals surface area contributed by atoms with Crippen molar-refractivity contribution >= 4 is 45.0 Å². The van der Waals surface area contributed by atoms with E-state index >= 15 is 0 Å². The third-order valence-electron chi connectivity index (χ3n) is 8.95. The lowest BCUT2D eigenvalue weighted by molar-refractivity contribution is 1.09. The second-order valence-electron chi connectivity index (χ2n) is 13.7. The van der Waals surface area contributed by atoms with Gasteiger partial charge >= 0.3 is 0 Å². The number of hydrogen-bond donors (Lipinski definition) is 1. The zero-order chi connectivity index (χ0) is 43.0. The Morgan fingerprint density at radius 3 is 1.78 bits per heavy atom. The molecule has 0 amide bonds. The summed E-state index contributed by atoms with van der Waals surface area (Å²) in [6.07, 6.45) is 25.9. The average molecular weight is 777 g/mol. The van der Waals surface area contributed by atoms with Crippen LogP contribution in [0, 0.1) is 33.2 Å². The van der Waals surface area contributed by atoms with Gasteiger partial charge in [0, 0.05) is 35.3 Å². The standard InChI is InChI=1S/C40H40N2.2C7H8.CH4N2/c1-8-12-14-16-24-41-38-22-20-32(27-35(38)30(6)19-15-13-9-2)33-21-23-39-36(28-33)37-26-29(5)25-31(7)40(37)42(39)34(17-10-3)18-11-4;2*1-7-5-3-2-4-6-7;1-3-2/h8-28H,3,6H2,1-2,4-5,7H3;2*2-6H,1H3;2H,1H3/b12-8-,13-9-,16-14-,18-11?,19-15-,34-17+,41-24?;;;. The second kappa shape index (κ2) is 25.4. The highest BCUT2D eigenvalue weighted by Gasteiger charge is 2.16. The molecule has 0 fully saturated rings. The van der Waals surface area contributed by atoms with Gasteiger partial charge in [-0.25, -0.2) is 10.6 Å². The van der Waals surface area contributed by atoms with Crippen molar-refractivity contribution in [1.29, 1.82) is 5.53 Å². The van der Waals surface area contributed by atoms with Crippen LogP contribution in [-0.2, 0) is 0 Å². The van der Waals surface area contributed by atoms with Crippen molar-refractivity contribution in [2.45, 2.75) is 48.5 Å². The largest absolute Gasteiger partial charge is 0.309 e. The minimum atomic E-state index is 0.883. The molecule has 0 saturated heterocycles. The predicted molar refractivity (Wildman–Crippen MR) is 262 cm³/mol. The molecule has 0 bridgehead atoms. The van der Waals surface area contributed by atoms with Gasteiger partial charge in [-0.1, -0.05) is 163 Å². The van der Waals surface area contributed by atoms with Crippen molar-refractivity contribution < 1.29 is 0 Å². The number of aliphatic imine (C=N–C) groups is 1. The van der Waals surface area contributed by atoms with Gasteiger partial charge in [0.05, 0.1) is 16.7 Å². The maximum absolute atomic E-state index is 5.83. The summed E-state index contributed by atoms with van der Waals surface area (Å²) >= 11 is 0. The zero-order valence-electron chi connectivity index (χ0n) is 36.2. The minimum Gasteiger partial charge on any atom is -0.309 e. The Bertz CT molecular complexity index is 2460. The number of allylic oxidation sites excluding steroid dienone is 14. The van der Waals surface area contributed by atoms with Gasteiger partial charge < -0.3 is 4.57 Å². The van der Waals surface area contributed by atoms with Crippen molar-refractivity contribution in [3.63, 3.8) is 0 Å². The van der Waals surface area contributed by atoms with Gasteiger partial charge in [0.15, 0.2) is 0 Å². The van der Waals surface area contributed by atoms with E-state index in [2.05, 4.69) is 142 Å². The Morgan fingerprint density at radius 2 is 1.22 bits per heavy atom. The lowest BCUT2D eigenvalue weighted by atomic mass is 9.96. The lowest BCUT2D eigenvalue weighted by Gasteiger charge is -2.12. The maximum atomic E-state index is 5.83. The Hall–Kier alpha value is -6.91. The van der Waals surface area contributed by atoms with Gasteiger partial charge in [-0.15, -0.1) is 0 Å². The van der Waals surface area contributed by atoms with Crippen LogP contribution in [0.1, 0.15) is 48.6 Å². The third-order valence-corrected chi connectivity index (χ3v) is 8.95. The van der Waals surface area contributed by atoms with Crippen LogP contribution in [0.4, 0.5) is 5.69 Å². The normalized spacial score (nSPS) is 11.6. The molecule has 1 heterocycles. The van der Waals surface area contributed by atoms with Crippen LogP contribution in [0.2, 0.25) is 0 Å². The molecule has 4 nitrogen and oxygen atoms in total. The van der Waals surface area contributed by atoms with Gasteiger partial charge in [0.25, 0.3) is 0 Å². The summed E-state index contributed by atoms with van der Waals surface area (Å²) in [6, 6.07) is 38.3. The molecule has 300 valence electrons. The van der Waals surface area contributed by atoms with Crippen LogP contribution >= 0.6 is 0 Å². The lowest BCUT2D eigenvalue weighted by Crippen LogP contribution is -1.96. The van der Waals surface area contributed by atoms with E-state index in [1.54, 1.807) is 0 Å². The zero-order valence-corrected chi connectivity index (χ0v) is 36.2. The molecule has 0 spiro atoms. The molecular formula is C55H60N4. The van der Waals surface area contributed by atoms with Crippen LogP contribution < -0.4 is 0 Å². The molecule has 0 atom stereocenters. The van der Waals surface area contributed by atoms with E-state index in [9.17, 15) is 0 Å². The first-order valence-electron chi connectivity index (χ1n) is 19.9. The average Bonchev–Trinajstić information content (AvgIpc) is 3.56. The summed E-state index contributed by atoms with van der Waals surface area (Å²) in [5.74, 6) is 0. The molecule has 1 N–H and O–H groups in total. The van der Waals surface area contributed by atoms with E-state index < -0.39 is 0 Å². The summed E-state index contributed by atoms with van der Waals surface area (Å²) < 4.78 is 2.35. The first kappa shape index (κ1) is 46.5. The molecule has 1 aromatic heterocycles. The summed E-state index contributed by atoms with van der Waals surface area (Å²) in [7, 11) is 1.42. The highest BCUT2D eigenvalue weighted by molar-refractivity contribution is 6.13. The maximum Gasteiger partial charge on any atom is 0.0708 e. The minimum absolute atomic E-state index is 0.883. The van der Waals surface area contributed by atoms with Crippen LogP contribution in [0.5, 0.6) is 0 Å². The highest BCUT2D eigenvalue weighted by atomic mass is 15.0. The van der Waals surface area contributed by atoms with Crippen molar-refractivity contribution in [2.24, 2.45) is 10.1 Å². The van der Waals surface area contributed by atoms with E-state index in [1.165, 1.54) is 51.1 Å². The van der Waals surface area contributed by atoms with Crippen molar-refractivity contribution in [2.75, 3.05) is 7.05 Å². The molecule has 0 saturated carbocycles.